The second kappa shape index (κ2) is 8.60. The van der Waals surface area contributed by atoms with E-state index in [1.165, 1.54) is 0 Å². The van der Waals surface area contributed by atoms with E-state index in [2.05, 4.69) is 4.99 Å². The van der Waals surface area contributed by atoms with Crippen LogP contribution in [-0.2, 0) is 0 Å². The summed E-state index contributed by atoms with van der Waals surface area (Å²) in [4.78, 5) is 4.53. The Bertz CT molecular complexity index is 952. The van der Waals surface area contributed by atoms with Crippen LogP contribution < -0.4 is 14.2 Å². The lowest BCUT2D eigenvalue weighted by Gasteiger charge is -2.10. The van der Waals surface area contributed by atoms with Gasteiger partial charge in [0.2, 0.25) is 0 Å². The summed E-state index contributed by atoms with van der Waals surface area (Å²) in [6.45, 7) is 2.01. The summed E-state index contributed by atoms with van der Waals surface area (Å²) in [6, 6.07) is 18.7. The van der Waals surface area contributed by atoms with Crippen molar-refractivity contribution < 1.29 is 14.2 Å². The molecule has 5 heteroatoms. The third-order valence-electron chi connectivity index (χ3n) is 3.99. The Labute approximate surface area is 164 Å². The van der Waals surface area contributed by atoms with Crippen LogP contribution in [-0.4, -0.2) is 20.4 Å². The first kappa shape index (κ1) is 18.8. The molecular weight excluding hydrogens is 362 g/mol. The van der Waals surface area contributed by atoms with Crippen LogP contribution in [0.3, 0.4) is 0 Å². The van der Waals surface area contributed by atoms with Gasteiger partial charge in [0, 0.05) is 11.2 Å². The Morgan fingerprint density at radius 2 is 1.56 bits per heavy atom. The number of aliphatic imine (C=N–C) groups is 1. The van der Waals surface area contributed by atoms with E-state index < -0.39 is 0 Å². The van der Waals surface area contributed by atoms with Crippen molar-refractivity contribution >= 4 is 23.5 Å². The van der Waals surface area contributed by atoms with Crippen LogP contribution in [0.1, 0.15) is 11.1 Å². The minimum atomic E-state index is 0.638. The van der Waals surface area contributed by atoms with E-state index in [-0.39, 0.29) is 0 Å². The molecular formula is C22H20ClNO3. The van der Waals surface area contributed by atoms with Crippen molar-refractivity contribution in [3.63, 3.8) is 0 Å². The molecule has 0 spiro atoms. The molecule has 0 saturated heterocycles. The maximum absolute atomic E-state index is 5.97. The van der Waals surface area contributed by atoms with E-state index in [1.807, 2.05) is 67.7 Å². The highest BCUT2D eigenvalue weighted by Crippen LogP contribution is 2.30. The van der Waals surface area contributed by atoms with Crippen LogP contribution in [0.5, 0.6) is 23.0 Å². The molecule has 138 valence electrons. The third kappa shape index (κ3) is 4.80. The van der Waals surface area contributed by atoms with E-state index in [1.54, 1.807) is 20.3 Å². The maximum atomic E-state index is 5.97. The second-order valence-electron chi connectivity index (χ2n) is 5.88. The van der Waals surface area contributed by atoms with Crippen LogP contribution in [0.15, 0.2) is 65.7 Å². The predicted octanol–water partition coefficient (Wildman–Crippen LogP) is 6.21. The van der Waals surface area contributed by atoms with Crippen molar-refractivity contribution in [3.05, 3.63) is 76.8 Å². The number of benzene rings is 3. The monoisotopic (exact) mass is 381 g/mol. The molecule has 3 rings (SSSR count). The van der Waals surface area contributed by atoms with Gasteiger partial charge in [0.15, 0.2) is 11.5 Å². The molecule has 3 aromatic rings. The molecule has 0 fully saturated rings. The Hall–Kier alpha value is -2.98. The summed E-state index contributed by atoms with van der Waals surface area (Å²) in [5, 5.41) is 0.638. The molecule has 0 radical (unpaired) electrons. The van der Waals surface area contributed by atoms with E-state index in [0.29, 0.717) is 22.3 Å². The lowest BCUT2D eigenvalue weighted by Crippen LogP contribution is -1.95. The molecule has 0 aliphatic heterocycles. The largest absolute Gasteiger partial charge is 0.493 e. The van der Waals surface area contributed by atoms with Crippen LogP contribution in [0.25, 0.3) is 0 Å². The van der Waals surface area contributed by atoms with Gasteiger partial charge in [0.1, 0.15) is 11.5 Å². The zero-order valence-electron chi connectivity index (χ0n) is 15.4. The van der Waals surface area contributed by atoms with Crippen molar-refractivity contribution in [1.82, 2.24) is 0 Å². The Kier molecular flexibility index (Phi) is 5.99. The van der Waals surface area contributed by atoms with Gasteiger partial charge in [0.05, 0.1) is 19.9 Å². The van der Waals surface area contributed by atoms with Crippen LogP contribution in [0.2, 0.25) is 5.02 Å². The van der Waals surface area contributed by atoms with E-state index in [9.17, 15) is 0 Å². The van der Waals surface area contributed by atoms with Crippen molar-refractivity contribution in [3.8, 4) is 23.0 Å². The fraction of sp³-hybridized carbons (Fsp3) is 0.136. The zero-order valence-corrected chi connectivity index (χ0v) is 16.2. The van der Waals surface area contributed by atoms with Gasteiger partial charge in [-0.1, -0.05) is 17.7 Å². The first-order valence-corrected chi connectivity index (χ1v) is 8.77. The van der Waals surface area contributed by atoms with Crippen molar-refractivity contribution in [2.75, 3.05) is 14.2 Å². The lowest BCUT2D eigenvalue weighted by atomic mass is 10.1. The molecule has 0 aliphatic carbocycles. The quantitative estimate of drug-likeness (QED) is 0.476. The molecule has 0 heterocycles. The zero-order chi connectivity index (χ0) is 19.2. The topological polar surface area (TPSA) is 40.0 Å². The first-order valence-electron chi connectivity index (χ1n) is 8.39. The number of aryl methyl sites for hydroxylation is 1. The van der Waals surface area contributed by atoms with Gasteiger partial charge in [-0.2, -0.15) is 0 Å². The van der Waals surface area contributed by atoms with E-state index in [4.69, 9.17) is 25.8 Å². The average molecular weight is 382 g/mol. The van der Waals surface area contributed by atoms with E-state index in [0.717, 1.165) is 22.6 Å². The molecule has 0 aliphatic rings. The molecule has 4 nitrogen and oxygen atoms in total. The van der Waals surface area contributed by atoms with Gasteiger partial charge in [-0.15, -0.1) is 0 Å². The molecule has 0 N–H and O–H groups in total. The first-order chi connectivity index (χ1) is 13.1. The van der Waals surface area contributed by atoms with Crippen LogP contribution >= 0.6 is 11.6 Å². The summed E-state index contributed by atoms with van der Waals surface area (Å²) in [7, 11) is 3.24. The standard InChI is InChI=1S/C22H20ClNO3/c1-15-11-21(25-2)22(26-3)12-16(15)14-24-18-7-9-19(10-8-18)27-20-6-4-5-17(23)13-20/h4-14H,1-3H3. The van der Waals surface area contributed by atoms with Gasteiger partial charge >= 0.3 is 0 Å². The third-order valence-corrected chi connectivity index (χ3v) is 4.23. The molecule has 0 amide bonds. The number of rotatable bonds is 6. The Balaban J connectivity index is 1.74. The molecule has 0 bridgehead atoms. The normalized spacial score (nSPS) is 10.8. The van der Waals surface area contributed by atoms with Crippen LogP contribution in [0.4, 0.5) is 5.69 Å². The van der Waals surface area contributed by atoms with Crippen LogP contribution in [0, 0.1) is 6.92 Å². The van der Waals surface area contributed by atoms with Crippen molar-refractivity contribution in [1.29, 1.82) is 0 Å². The highest BCUT2D eigenvalue weighted by molar-refractivity contribution is 6.30. The van der Waals surface area contributed by atoms with Crippen molar-refractivity contribution in [2.24, 2.45) is 4.99 Å². The minimum absolute atomic E-state index is 0.638. The van der Waals surface area contributed by atoms with Crippen molar-refractivity contribution in [2.45, 2.75) is 6.92 Å². The minimum Gasteiger partial charge on any atom is -0.493 e. The Morgan fingerprint density at radius 3 is 2.22 bits per heavy atom. The second-order valence-corrected chi connectivity index (χ2v) is 6.31. The summed E-state index contributed by atoms with van der Waals surface area (Å²) in [5.74, 6) is 2.79. The molecule has 3 aromatic carbocycles. The summed E-state index contributed by atoms with van der Waals surface area (Å²) in [5.41, 5.74) is 2.84. The van der Waals surface area contributed by atoms with Gasteiger partial charge < -0.3 is 14.2 Å². The molecule has 0 saturated carbocycles. The van der Waals surface area contributed by atoms with Gasteiger partial charge in [-0.25, -0.2) is 0 Å². The fourth-order valence-electron chi connectivity index (χ4n) is 2.55. The molecule has 27 heavy (non-hydrogen) atoms. The van der Waals surface area contributed by atoms with Gasteiger partial charge in [-0.05, 0) is 72.6 Å². The Morgan fingerprint density at radius 1 is 0.852 bits per heavy atom. The smallest absolute Gasteiger partial charge is 0.161 e. The summed E-state index contributed by atoms with van der Waals surface area (Å²) >= 11 is 5.97. The number of hydrogen-bond donors (Lipinski definition) is 0. The maximum Gasteiger partial charge on any atom is 0.161 e. The number of halogens is 1. The lowest BCUT2D eigenvalue weighted by molar-refractivity contribution is 0.354. The number of methoxy groups -OCH3 is 2. The highest BCUT2D eigenvalue weighted by atomic mass is 35.5. The molecule has 0 unspecified atom stereocenters. The average Bonchev–Trinajstić information content (AvgIpc) is 2.68. The number of ether oxygens (including phenoxy) is 3. The predicted molar refractivity (Wildman–Crippen MR) is 110 cm³/mol. The van der Waals surface area contributed by atoms with Gasteiger partial charge in [0.25, 0.3) is 0 Å². The van der Waals surface area contributed by atoms with E-state index >= 15 is 0 Å². The SMILES string of the molecule is COc1cc(C)c(C=Nc2ccc(Oc3cccc(Cl)c3)cc2)cc1OC. The number of nitrogens with zero attached hydrogens (tertiary/aromatic N) is 1. The van der Waals surface area contributed by atoms with Gasteiger partial charge in [-0.3, -0.25) is 4.99 Å². The fourth-order valence-corrected chi connectivity index (χ4v) is 2.73. The number of hydrogen-bond acceptors (Lipinski definition) is 4. The molecule has 0 aromatic heterocycles. The highest BCUT2D eigenvalue weighted by Gasteiger charge is 2.07. The molecule has 0 atom stereocenters. The summed E-state index contributed by atoms with van der Waals surface area (Å²) in [6.07, 6.45) is 1.81. The summed E-state index contributed by atoms with van der Waals surface area (Å²) < 4.78 is 16.4.